The first-order valence-electron chi connectivity index (χ1n) is 9.89. The minimum Gasteiger partial charge on any atom is -0.349 e. The first kappa shape index (κ1) is 22.0. The zero-order valence-corrected chi connectivity index (χ0v) is 17.4. The van der Waals surface area contributed by atoms with Crippen LogP contribution in [0.2, 0.25) is 0 Å². The van der Waals surface area contributed by atoms with E-state index < -0.39 is 15.8 Å². The lowest BCUT2D eigenvalue weighted by molar-refractivity contribution is -0.385. The topological polar surface area (TPSA) is 156 Å². The van der Waals surface area contributed by atoms with E-state index in [0.717, 1.165) is 0 Å². The number of hydrogen-bond donors (Lipinski definition) is 2. The number of hydrazone groups is 1. The van der Waals surface area contributed by atoms with E-state index in [1.165, 1.54) is 48.8 Å². The number of non-ortho nitro benzene ring substituents is 2. The number of amides is 1. The highest BCUT2D eigenvalue weighted by atomic mass is 16.6. The molecule has 0 spiro atoms. The maximum absolute atomic E-state index is 12.8. The van der Waals surface area contributed by atoms with Crippen LogP contribution in [0.15, 0.2) is 82.9 Å². The van der Waals surface area contributed by atoms with Gasteiger partial charge >= 0.3 is 0 Å². The Labute approximate surface area is 191 Å². The number of fused-ring (bicyclic) bond motifs is 1. The molecule has 1 aromatic heterocycles. The van der Waals surface area contributed by atoms with Gasteiger partial charge in [-0.1, -0.05) is 18.2 Å². The highest BCUT2D eigenvalue weighted by Gasteiger charge is 2.17. The minimum atomic E-state index is -0.537. The van der Waals surface area contributed by atoms with Crippen LogP contribution in [-0.4, -0.2) is 33.2 Å². The average Bonchev–Trinajstić information content (AvgIpc) is 3.22. The van der Waals surface area contributed by atoms with Crippen molar-refractivity contribution in [2.24, 2.45) is 10.1 Å². The van der Waals surface area contributed by atoms with Crippen LogP contribution in [0.5, 0.6) is 0 Å². The van der Waals surface area contributed by atoms with Crippen LogP contribution in [0.1, 0.15) is 21.6 Å². The van der Waals surface area contributed by atoms with E-state index >= 15 is 0 Å². The fraction of sp³-hybridized carbons (Fsp3) is 0. The number of hydrogen-bond acceptors (Lipinski definition) is 7. The summed E-state index contributed by atoms with van der Waals surface area (Å²) in [4.78, 5) is 40.9. The summed E-state index contributed by atoms with van der Waals surface area (Å²) in [5.41, 5.74) is 4.80. The van der Waals surface area contributed by atoms with E-state index in [-0.39, 0.29) is 17.1 Å². The molecule has 11 heteroatoms. The average molecular weight is 456 g/mol. The van der Waals surface area contributed by atoms with Crippen molar-refractivity contribution in [3.8, 4) is 0 Å². The molecule has 11 nitrogen and oxygen atoms in total. The molecule has 0 saturated heterocycles. The Morgan fingerprint density at radius 2 is 1.38 bits per heavy atom. The van der Waals surface area contributed by atoms with Gasteiger partial charge in [0.2, 0.25) is 0 Å². The molecule has 0 unspecified atom stereocenters. The highest BCUT2D eigenvalue weighted by molar-refractivity contribution is 6.08. The third-order valence-corrected chi connectivity index (χ3v) is 4.84. The van der Waals surface area contributed by atoms with Gasteiger partial charge in [0.1, 0.15) is 11.4 Å². The molecule has 3 aromatic carbocycles. The number of nitrogens with one attached hydrogen (secondary N) is 2. The van der Waals surface area contributed by atoms with Crippen molar-refractivity contribution in [1.29, 1.82) is 0 Å². The lowest BCUT2D eigenvalue weighted by Crippen LogP contribution is -2.18. The number of aliphatic imine (C=N–C) groups is 1. The zero-order chi connectivity index (χ0) is 24.1. The Kier molecular flexibility index (Phi) is 6.17. The molecule has 0 saturated carbocycles. The van der Waals surface area contributed by atoms with Crippen LogP contribution in [0, 0.1) is 20.2 Å². The van der Waals surface area contributed by atoms with E-state index in [2.05, 4.69) is 20.5 Å². The van der Waals surface area contributed by atoms with Crippen LogP contribution in [0.25, 0.3) is 10.9 Å². The summed E-state index contributed by atoms with van der Waals surface area (Å²) in [5.74, 6) is -0.537. The lowest BCUT2D eigenvalue weighted by atomic mass is 10.2. The minimum absolute atomic E-state index is 0.0322. The second-order valence-electron chi connectivity index (χ2n) is 7.05. The van der Waals surface area contributed by atoms with E-state index in [4.69, 9.17) is 0 Å². The van der Waals surface area contributed by atoms with Gasteiger partial charge in [0.25, 0.3) is 17.3 Å². The molecule has 0 bridgehead atoms. The smallest absolute Gasteiger partial charge is 0.290 e. The van der Waals surface area contributed by atoms with Crippen molar-refractivity contribution >= 4 is 46.3 Å². The van der Waals surface area contributed by atoms with Gasteiger partial charge in [-0.2, -0.15) is 5.10 Å². The summed E-state index contributed by atoms with van der Waals surface area (Å²) in [6.45, 7) is 0. The number of nitro groups is 2. The summed E-state index contributed by atoms with van der Waals surface area (Å²) in [5, 5.41) is 26.2. The molecular formula is C23H16N6O5. The maximum Gasteiger partial charge on any atom is 0.290 e. The number of aromatic amines is 1. The largest absolute Gasteiger partial charge is 0.349 e. The number of benzene rings is 3. The SMILES string of the molecule is O=C(N/N=C/c1ccc([N+](=O)[O-])cc1)c1[nH]c2ccccc2c1N=Cc1ccc([N+](=O)[O-])cc1. The Morgan fingerprint density at radius 3 is 1.97 bits per heavy atom. The Morgan fingerprint density at radius 1 is 0.824 bits per heavy atom. The fourth-order valence-electron chi connectivity index (χ4n) is 3.15. The molecule has 1 heterocycles. The predicted octanol–water partition coefficient (Wildman–Crippen LogP) is 4.50. The van der Waals surface area contributed by atoms with Gasteiger partial charge < -0.3 is 4.98 Å². The fourth-order valence-corrected chi connectivity index (χ4v) is 3.15. The number of rotatable bonds is 7. The van der Waals surface area contributed by atoms with Crippen molar-refractivity contribution in [3.05, 3.63) is 110 Å². The number of carbonyl (C=O) groups excluding carboxylic acids is 1. The van der Waals surface area contributed by atoms with Crippen LogP contribution < -0.4 is 5.43 Å². The highest BCUT2D eigenvalue weighted by Crippen LogP contribution is 2.30. The molecule has 0 fully saturated rings. The van der Waals surface area contributed by atoms with Gasteiger partial charge in [0, 0.05) is 41.4 Å². The van der Waals surface area contributed by atoms with Crippen molar-refractivity contribution in [2.75, 3.05) is 0 Å². The second kappa shape index (κ2) is 9.53. The molecule has 0 atom stereocenters. The van der Waals surface area contributed by atoms with Crippen molar-refractivity contribution in [3.63, 3.8) is 0 Å². The van der Waals surface area contributed by atoms with Gasteiger partial charge in [-0.15, -0.1) is 0 Å². The normalized spacial score (nSPS) is 11.3. The molecule has 0 radical (unpaired) electrons. The van der Waals surface area contributed by atoms with E-state index in [1.54, 1.807) is 18.2 Å². The summed E-state index contributed by atoms with van der Waals surface area (Å²) >= 11 is 0. The third kappa shape index (κ3) is 4.83. The zero-order valence-electron chi connectivity index (χ0n) is 17.4. The molecule has 0 aliphatic carbocycles. The summed E-state index contributed by atoms with van der Waals surface area (Å²) in [6.07, 6.45) is 2.88. The van der Waals surface area contributed by atoms with Gasteiger partial charge in [0.15, 0.2) is 0 Å². The van der Waals surface area contributed by atoms with Gasteiger partial charge in [-0.05, 0) is 41.5 Å². The first-order valence-corrected chi connectivity index (χ1v) is 9.89. The summed E-state index contributed by atoms with van der Waals surface area (Å²) < 4.78 is 0. The molecule has 4 rings (SSSR count). The quantitative estimate of drug-likeness (QED) is 0.238. The number of carbonyl (C=O) groups is 1. The second-order valence-corrected chi connectivity index (χ2v) is 7.05. The Bertz CT molecular complexity index is 1440. The van der Waals surface area contributed by atoms with Gasteiger partial charge in [-0.25, -0.2) is 5.43 Å². The number of nitro benzene ring substituents is 2. The molecule has 0 aliphatic heterocycles. The standard InChI is InChI=1S/C23H16N6O5/c30-23(27-25-14-16-7-11-18(12-8-16)29(33)34)22-21(19-3-1-2-4-20(19)26-22)24-13-15-5-9-17(10-6-15)28(31)32/h1-14,26H,(H,27,30)/b24-13?,25-14+. The number of nitrogens with zero attached hydrogens (tertiary/aromatic N) is 4. The van der Waals surface area contributed by atoms with Gasteiger partial charge in [0.05, 0.1) is 16.1 Å². The monoisotopic (exact) mass is 456 g/mol. The Balaban J connectivity index is 1.57. The summed E-state index contributed by atoms with van der Waals surface area (Å²) in [6, 6.07) is 18.8. The van der Waals surface area contributed by atoms with Crippen LogP contribution in [0.3, 0.4) is 0 Å². The van der Waals surface area contributed by atoms with Crippen molar-refractivity contribution in [1.82, 2.24) is 10.4 Å². The van der Waals surface area contributed by atoms with E-state index in [0.29, 0.717) is 27.7 Å². The molecule has 0 aliphatic rings. The third-order valence-electron chi connectivity index (χ3n) is 4.84. The lowest BCUT2D eigenvalue weighted by Gasteiger charge is -2.00. The van der Waals surface area contributed by atoms with Crippen LogP contribution in [-0.2, 0) is 0 Å². The van der Waals surface area contributed by atoms with Crippen LogP contribution in [0.4, 0.5) is 17.1 Å². The number of H-pyrrole nitrogens is 1. The Hall–Kier alpha value is -5.19. The van der Waals surface area contributed by atoms with E-state index in [1.807, 2.05) is 18.2 Å². The van der Waals surface area contributed by atoms with Crippen molar-refractivity contribution in [2.45, 2.75) is 0 Å². The van der Waals surface area contributed by atoms with Crippen LogP contribution >= 0.6 is 0 Å². The molecule has 168 valence electrons. The molecule has 34 heavy (non-hydrogen) atoms. The number of para-hydroxylation sites is 1. The predicted molar refractivity (Wildman–Crippen MR) is 127 cm³/mol. The molecule has 4 aromatic rings. The number of aromatic nitrogens is 1. The van der Waals surface area contributed by atoms with Gasteiger partial charge in [-0.3, -0.25) is 30.0 Å². The van der Waals surface area contributed by atoms with Crippen molar-refractivity contribution < 1.29 is 14.6 Å². The summed E-state index contributed by atoms with van der Waals surface area (Å²) in [7, 11) is 0. The van der Waals surface area contributed by atoms with E-state index in [9.17, 15) is 25.0 Å². The molecule has 2 N–H and O–H groups in total. The molecular weight excluding hydrogens is 440 g/mol. The first-order chi connectivity index (χ1) is 16.4. The maximum atomic E-state index is 12.8. The molecule has 1 amide bonds.